The Morgan fingerprint density at radius 3 is 2.88 bits per heavy atom. The number of carbonyl (C=O) groups excluding carboxylic acids is 1. The average molecular weight is 230 g/mol. The van der Waals surface area contributed by atoms with Crippen molar-refractivity contribution in [2.45, 2.75) is 26.7 Å². The Morgan fingerprint density at radius 1 is 1.41 bits per heavy atom. The van der Waals surface area contributed by atoms with E-state index in [9.17, 15) is 4.79 Å². The van der Waals surface area contributed by atoms with E-state index in [1.165, 1.54) is 11.1 Å². The minimum Gasteiger partial charge on any atom is -0.399 e. The molecule has 1 aliphatic heterocycles. The van der Waals surface area contributed by atoms with Crippen molar-refractivity contribution in [3.63, 3.8) is 0 Å². The zero-order valence-electron chi connectivity index (χ0n) is 10.4. The Kier molecular flexibility index (Phi) is 3.18. The molecule has 0 atom stereocenters. The first-order valence-corrected chi connectivity index (χ1v) is 5.90. The van der Waals surface area contributed by atoms with Crippen molar-refractivity contribution >= 4 is 17.3 Å². The molecule has 1 aliphatic rings. The Labute approximate surface area is 102 Å². The van der Waals surface area contributed by atoms with Crippen molar-refractivity contribution in [3.05, 3.63) is 35.4 Å². The molecule has 2 N–H and O–H groups in total. The maximum atomic E-state index is 11.9. The van der Waals surface area contributed by atoms with Crippen LogP contribution in [0.3, 0.4) is 0 Å². The van der Waals surface area contributed by atoms with Gasteiger partial charge in [-0.15, -0.1) is 0 Å². The molecule has 0 bridgehead atoms. The molecule has 3 heteroatoms. The Bertz CT molecular complexity index is 473. The molecule has 0 saturated carbocycles. The maximum absolute atomic E-state index is 11.9. The fourth-order valence-electron chi connectivity index (χ4n) is 2.05. The van der Waals surface area contributed by atoms with Gasteiger partial charge in [-0.05, 0) is 44.0 Å². The van der Waals surface area contributed by atoms with E-state index in [1.54, 1.807) is 0 Å². The Balaban J connectivity index is 2.33. The summed E-state index contributed by atoms with van der Waals surface area (Å²) in [7, 11) is 0. The molecule has 0 radical (unpaired) electrons. The van der Waals surface area contributed by atoms with Crippen molar-refractivity contribution in [3.8, 4) is 0 Å². The number of nitrogen functional groups attached to an aromatic ring is 1. The van der Waals surface area contributed by atoms with Crippen molar-refractivity contribution in [2.24, 2.45) is 0 Å². The van der Waals surface area contributed by atoms with E-state index in [2.05, 4.69) is 6.08 Å². The van der Waals surface area contributed by atoms with Gasteiger partial charge >= 0.3 is 0 Å². The molecule has 0 aliphatic carbocycles. The summed E-state index contributed by atoms with van der Waals surface area (Å²) in [5, 5.41) is 0. The van der Waals surface area contributed by atoms with Gasteiger partial charge < -0.3 is 10.6 Å². The van der Waals surface area contributed by atoms with Crippen molar-refractivity contribution in [2.75, 3.05) is 17.2 Å². The highest BCUT2D eigenvalue weighted by atomic mass is 16.2. The highest BCUT2D eigenvalue weighted by Gasteiger charge is 2.22. The first kappa shape index (κ1) is 11.7. The summed E-state index contributed by atoms with van der Waals surface area (Å²) in [4.78, 5) is 13.8. The lowest BCUT2D eigenvalue weighted by atomic mass is 10.0. The Morgan fingerprint density at radius 2 is 2.18 bits per heavy atom. The van der Waals surface area contributed by atoms with Crippen LogP contribution in [0.15, 0.2) is 29.8 Å². The summed E-state index contributed by atoms with van der Waals surface area (Å²) in [5.41, 5.74) is 9.94. The van der Waals surface area contributed by atoms with Crippen LogP contribution in [-0.2, 0) is 11.2 Å². The van der Waals surface area contributed by atoms with Gasteiger partial charge in [0.1, 0.15) is 0 Å². The predicted molar refractivity (Wildman–Crippen MR) is 71.0 cm³/mol. The predicted octanol–water partition coefficient (Wildman–Crippen LogP) is 2.51. The summed E-state index contributed by atoms with van der Waals surface area (Å²) < 4.78 is 0. The van der Waals surface area contributed by atoms with Crippen LogP contribution < -0.4 is 10.6 Å². The van der Waals surface area contributed by atoms with Gasteiger partial charge in [0.15, 0.2) is 0 Å². The van der Waals surface area contributed by atoms with Crippen LogP contribution in [0.4, 0.5) is 11.4 Å². The van der Waals surface area contributed by atoms with Gasteiger partial charge in [0.2, 0.25) is 5.91 Å². The zero-order chi connectivity index (χ0) is 12.4. The van der Waals surface area contributed by atoms with Gasteiger partial charge in [0.05, 0.1) is 0 Å². The first-order chi connectivity index (χ1) is 8.08. The highest BCUT2D eigenvalue weighted by Crippen LogP contribution is 2.29. The fraction of sp³-hybridized carbons (Fsp3) is 0.357. The fourth-order valence-corrected chi connectivity index (χ4v) is 2.05. The van der Waals surface area contributed by atoms with Gasteiger partial charge in [0, 0.05) is 24.3 Å². The van der Waals surface area contributed by atoms with Crippen LogP contribution in [-0.4, -0.2) is 12.5 Å². The van der Waals surface area contributed by atoms with Gasteiger partial charge in [-0.25, -0.2) is 0 Å². The topological polar surface area (TPSA) is 46.3 Å². The van der Waals surface area contributed by atoms with E-state index >= 15 is 0 Å². The number of carbonyl (C=O) groups is 1. The van der Waals surface area contributed by atoms with Gasteiger partial charge in [0.25, 0.3) is 0 Å². The molecule has 1 heterocycles. The number of benzene rings is 1. The van der Waals surface area contributed by atoms with E-state index in [4.69, 9.17) is 5.73 Å². The van der Waals surface area contributed by atoms with Crippen molar-refractivity contribution in [1.29, 1.82) is 0 Å². The summed E-state index contributed by atoms with van der Waals surface area (Å²) in [6.07, 6.45) is 3.45. The molecule has 0 aromatic heterocycles. The number of nitrogens with zero attached hydrogens (tertiary/aromatic N) is 1. The molecule has 0 fully saturated rings. The van der Waals surface area contributed by atoms with E-state index in [0.29, 0.717) is 13.0 Å². The lowest BCUT2D eigenvalue weighted by Crippen LogP contribution is -2.35. The van der Waals surface area contributed by atoms with Gasteiger partial charge in [-0.3, -0.25) is 4.79 Å². The van der Waals surface area contributed by atoms with Crippen LogP contribution >= 0.6 is 0 Å². The summed E-state index contributed by atoms with van der Waals surface area (Å²) in [6.45, 7) is 4.73. The third-order valence-electron chi connectivity index (χ3n) is 2.99. The number of amides is 1. The zero-order valence-corrected chi connectivity index (χ0v) is 10.4. The minimum atomic E-state index is 0.194. The maximum Gasteiger partial charge on any atom is 0.227 e. The average Bonchev–Trinajstić information content (AvgIpc) is 2.27. The largest absolute Gasteiger partial charge is 0.399 e. The molecule has 0 saturated heterocycles. The molecule has 1 amide bonds. The van der Waals surface area contributed by atoms with Crippen molar-refractivity contribution < 1.29 is 4.79 Å². The van der Waals surface area contributed by atoms with Crippen molar-refractivity contribution in [1.82, 2.24) is 0 Å². The van der Waals surface area contributed by atoms with Crippen LogP contribution in [0.2, 0.25) is 0 Å². The molecule has 17 heavy (non-hydrogen) atoms. The molecule has 0 unspecified atom stereocenters. The summed E-state index contributed by atoms with van der Waals surface area (Å²) in [6, 6.07) is 5.77. The summed E-state index contributed by atoms with van der Waals surface area (Å²) >= 11 is 0. The number of hydrogen-bond donors (Lipinski definition) is 1. The molecule has 1 aromatic carbocycles. The van der Waals surface area contributed by atoms with E-state index in [1.807, 2.05) is 36.9 Å². The Hall–Kier alpha value is -1.77. The highest BCUT2D eigenvalue weighted by molar-refractivity contribution is 5.96. The lowest BCUT2D eigenvalue weighted by Gasteiger charge is -2.28. The number of hydrogen-bond acceptors (Lipinski definition) is 2. The number of fused-ring (bicyclic) bond motifs is 1. The number of rotatable bonds is 2. The number of allylic oxidation sites excluding steroid dienone is 1. The second kappa shape index (κ2) is 4.62. The monoisotopic (exact) mass is 230 g/mol. The van der Waals surface area contributed by atoms with Gasteiger partial charge in [-0.1, -0.05) is 11.6 Å². The van der Waals surface area contributed by atoms with Crippen LogP contribution in [0, 0.1) is 0 Å². The number of anilines is 2. The first-order valence-electron chi connectivity index (χ1n) is 5.90. The van der Waals surface area contributed by atoms with Crippen LogP contribution in [0.1, 0.15) is 25.8 Å². The van der Waals surface area contributed by atoms with E-state index in [0.717, 1.165) is 17.8 Å². The minimum absolute atomic E-state index is 0.194. The standard InChI is InChI=1S/C14H18N2O/c1-10(2)7-8-16-13-5-4-12(15)9-11(13)3-6-14(16)17/h4-5,7,9H,3,6,8,15H2,1-2H3. The second-order valence-electron chi connectivity index (χ2n) is 4.67. The van der Waals surface area contributed by atoms with Crippen LogP contribution in [0.25, 0.3) is 0 Å². The number of nitrogens with two attached hydrogens (primary N) is 1. The van der Waals surface area contributed by atoms with Crippen LogP contribution in [0.5, 0.6) is 0 Å². The van der Waals surface area contributed by atoms with E-state index < -0.39 is 0 Å². The SMILES string of the molecule is CC(C)=CCN1C(=O)CCc2cc(N)ccc21. The summed E-state index contributed by atoms with van der Waals surface area (Å²) in [5.74, 6) is 0.194. The quantitative estimate of drug-likeness (QED) is 0.627. The third-order valence-corrected chi connectivity index (χ3v) is 2.99. The second-order valence-corrected chi connectivity index (χ2v) is 4.67. The smallest absolute Gasteiger partial charge is 0.227 e. The lowest BCUT2D eigenvalue weighted by molar-refractivity contribution is -0.118. The molecule has 2 rings (SSSR count). The molecular formula is C14H18N2O. The molecule has 0 spiro atoms. The third kappa shape index (κ3) is 2.49. The normalized spacial score (nSPS) is 14.5. The molecule has 90 valence electrons. The van der Waals surface area contributed by atoms with E-state index in [-0.39, 0.29) is 5.91 Å². The molecule has 1 aromatic rings. The molecular weight excluding hydrogens is 212 g/mol. The molecule has 3 nitrogen and oxygen atoms in total. The number of aryl methyl sites for hydroxylation is 1. The van der Waals surface area contributed by atoms with Gasteiger partial charge in [-0.2, -0.15) is 0 Å².